The van der Waals surface area contributed by atoms with E-state index in [4.69, 9.17) is 15.4 Å². The Morgan fingerprint density at radius 3 is 2.58 bits per heavy atom. The third-order valence-electron chi connectivity index (χ3n) is 5.89. The first-order chi connectivity index (χ1) is 18.3. The minimum absolute atomic E-state index is 0.0193. The van der Waals surface area contributed by atoms with Crippen LogP contribution in [0.1, 0.15) is 25.8 Å². The monoisotopic (exact) mass is 541 g/mol. The molecule has 3 unspecified atom stereocenters. The number of halogens is 2. The fourth-order valence-corrected chi connectivity index (χ4v) is 4.99. The van der Waals surface area contributed by atoms with E-state index in [-0.39, 0.29) is 46.9 Å². The van der Waals surface area contributed by atoms with Gasteiger partial charge in [0.05, 0.1) is 11.9 Å². The van der Waals surface area contributed by atoms with E-state index in [0.29, 0.717) is 29.1 Å². The van der Waals surface area contributed by atoms with Gasteiger partial charge in [-0.3, -0.25) is 0 Å². The normalized spacial score (nSPS) is 13.8. The first-order valence-corrected chi connectivity index (χ1v) is 13.3. The first-order valence-electron chi connectivity index (χ1n) is 12.1. The summed E-state index contributed by atoms with van der Waals surface area (Å²) in [4.78, 5) is 9.46. The first kappa shape index (κ1) is 27.6. The quantitative estimate of drug-likeness (QED) is 0.236. The second-order valence-corrected chi connectivity index (χ2v) is 10.8. The molecule has 0 fully saturated rings. The van der Waals surface area contributed by atoms with E-state index in [1.807, 2.05) is 6.92 Å². The summed E-state index contributed by atoms with van der Waals surface area (Å²) >= 11 is -1.24. The average molecular weight is 542 g/mol. The van der Waals surface area contributed by atoms with Crippen LogP contribution in [0.4, 0.5) is 14.6 Å². The molecule has 4 rings (SSSR count). The van der Waals surface area contributed by atoms with Gasteiger partial charge in [-0.2, -0.15) is 0 Å². The molecule has 0 amide bonds. The van der Waals surface area contributed by atoms with Gasteiger partial charge in [-0.25, -0.2) is 18.7 Å². The highest BCUT2D eigenvalue weighted by atomic mass is 32.2. The molecule has 2 aromatic carbocycles. The molecule has 200 valence electrons. The number of anilines is 1. The highest BCUT2D eigenvalue weighted by Gasteiger charge is 2.21. The summed E-state index contributed by atoms with van der Waals surface area (Å²) in [5, 5.41) is 15.8. The predicted molar refractivity (Wildman–Crippen MR) is 143 cm³/mol. The number of nitrogens with two attached hydrogens (primary N) is 1. The lowest BCUT2D eigenvalue weighted by molar-refractivity contribution is 0.287. The summed E-state index contributed by atoms with van der Waals surface area (Å²) in [7, 11) is 0. The minimum atomic E-state index is -1.24. The number of nitrogens with zero attached hydrogens (tertiary/aromatic N) is 3. The largest absolute Gasteiger partial charge is 0.611 e. The van der Waals surface area contributed by atoms with E-state index < -0.39 is 23.2 Å². The van der Waals surface area contributed by atoms with E-state index >= 15 is 0 Å². The summed E-state index contributed by atoms with van der Waals surface area (Å²) in [5.41, 5.74) is 8.74. The van der Waals surface area contributed by atoms with E-state index in [1.54, 1.807) is 42.5 Å². The molecule has 0 bridgehead atoms. The SMILES string of the molecule is CC(F)CNCc1ccc(-c2cc(-c3nc(-c4ccc([S+]([O-])C(C)CCO)cc4)cnc3N)on2)c(F)c1. The predicted octanol–water partition coefficient (Wildman–Crippen LogP) is 4.51. The molecule has 0 radical (unpaired) electrons. The Hall–Kier alpha value is -3.38. The van der Waals surface area contributed by atoms with Gasteiger partial charge in [-0.05, 0) is 67.0 Å². The van der Waals surface area contributed by atoms with Gasteiger partial charge in [-0.1, -0.05) is 11.2 Å². The Kier molecular flexibility index (Phi) is 9.05. The van der Waals surface area contributed by atoms with Crippen LogP contribution in [0.5, 0.6) is 0 Å². The number of hydrogen-bond acceptors (Lipinski definition) is 8. The van der Waals surface area contributed by atoms with Gasteiger partial charge < -0.3 is 25.2 Å². The van der Waals surface area contributed by atoms with Crippen molar-refractivity contribution in [1.29, 1.82) is 0 Å². The lowest BCUT2D eigenvalue weighted by Crippen LogP contribution is -2.21. The van der Waals surface area contributed by atoms with E-state index in [9.17, 15) is 13.3 Å². The van der Waals surface area contributed by atoms with E-state index in [2.05, 4.69) is 20.4 Å². The van der Waals surface area contributed by atoms with Crippen molar-refractivity contribution >= 4 is 17.0 Å². The van der Waals surface area contributed by atoms with Crippen LogP contribution in [0.3, 0.4) is 0 Å². The summed E-state index contributed by atoms with van der Waals surface area (Å²) in [6.45, 7) is 3.79. The number of alkyl halides is 1. The summed E-state index contributed by atoms with van der Waals surface area (Å²) < 4.78 is 45.8. The van der Waals surface area contributed by atoms with Crippen LogP contribution in [0.2, 0.25) is 0 Å². The number of nitrogen functional groups attached to an aromatic ring is 1. The Balaban J connectivity index is 1.54. The number of aromatic nitrogens is 3. The van der Waals surface area contributed by atoms with Crippen LogP contribution in [0.25, 0.3) is 34.0 Å². The fraction of sp³-hybridized carbons (Fsp3) is 0.296. The number of nitrogens with one attached hydrogen (secondary N) is 1. The number of benzene rings is 2. The molecular weight excluding hydrogens is 512 g/mol. The molecule has 4 N–H and O–H groups in total. The molecule has 0 saturated heterocycles. The second kappa shape index (κ2) is 12.4. The molecule has 0 saturated carbocycles. The van der Waals surface area contributed by atoms with Crippen molar-refractivity contribution in [3.05, 3.63) is 66.1 Å². The van der Waals surface area contributed by atoms with Gasteiger partial charge >= 0.3 is 0 Å². The topological polar surface area (TPSA) is 133 Å². The molecule has 2 heterocycles. The van der Waals surface area contributed by atoms with Gasteiger partial charge in [0, 0.05) is 43.3 Å². The maximum absolute atomic E-state index is 14.8. The van der Waals surface area contributed by atoms with Gasteiger partial charge in [0.2, 0.25) is 0 Å². The molecule has 0 aliphatic heterocycles. The maximum atomic E-state index is 14.8. The summed E-state index contributed by atoms with van der Waals surface area (Å²) in [6, 6.07) is 13.3. The highest BCUT2D eigenvalue weighted by molar-refractivity contribution is 7.92. The van der Waals surface area contributed by atoms with Crippen molar-refractivity contribution in [2.24, 2.45) is 0 Å². The molecular formula is C27H29F2N5O3S. The average Bonchev–Trinajstić information content (AvgIpc) is 3.38. The molecule has 11 heteroatoms. The van der Waals surface area contributed by atoms with Crippen LogP contribution in [0, 0.1) is 5.82 Å². The van der Waals surface area contributed by atoms with Crippen molar-refractivity contribution in [3.8, 4) is 34.0 Å². The second-order valence-electron chi connectivity index (χ2n) is 8.94. The smallest absolute Gasteiger partial charge is 0.189 e. The third kappa shape index (κ3) is 6.54. The molecule has 0 aliphatic rings. The Morgan fingerprint density at radius 2 is 1.89 bits per heavy atom. The Morgan fingerprint density at radius 1 is 1.13 bits per heavy atom. The lowest BCUT2D eigenvalue weighted by atomic mass is 10.1. The van der Waals surface area contributed by atoms with Crippen LogP contribution < -0.4 is 11.1 Å². The zero-order chi connectivity index (χ0) is 27.2. The van der Waals surface area contributed by atoms with Crippen molar-refractivity contribution in [2.45, 2.75) is 43.1 Å². The van der Waals surface area contributed by atoms with Crippen LogP contribution in [-0.2, 0) is 17.7 Å². The minimum Gasteiger partial charge on any atom is -0.611 e. The van der Waals surface area contributed by atoms with Crippen molar-refractivity contribution in [1.82, 2.24) is 20.4 Å². The van der Waals surface area contributed by atoms with Crippen LogP contribution >= 0.6 is 0 Å². The van der Waals surface area contributed by atoms with Gasteiger partial charge in [0.1, 0.15) is 22.9 Å². The number of rotatable bonds is 11. The molecule has 3 atom stereocenters. The fourth-order valence-electron chi connectivity index (χ4n) is 3.81. The standard InChI is InChI=1S/C27H29F2N5O3S/c1-16(28)13-31-14-18-3-8-21(22(29)11-18)23-12-25(37-34-23)26-27(30)32-15-24(33-26)19-4-6-20(7-5-19)38(36)17(2)9-10-35/h3-8,11-12,15-17,31,35H,9-10,13-14H2,1-2H3,(H2,30,32). The maximum Gasteiger partial charge on any atom is 0.189 e. The molecule has 2 aromatic heterocycles. The van der Waals surface area contributed by atoms with Crippen LogP contribution in [-0.4, -0.2) is 49.4 Å². The zero-order valence-corrected chi connectivity index (χ0v) is 21.8. The van der Waals surface area contributed by atoms with E-state index in [1.165, 1.54) is 19.2 Å². The molecule has 0 aliphatic carbocycles. The zero-order valence-electron chi connectivity index (χ0n) is 21.0. The lowest BCUT2D eigenvalue weighted by Gasteiger charge is -2.17. The Bertz CT molecular complexity index is 1370. The molecule has 8 nitrogen and oxygen atoms in total. The van der Waals surface area contributed by atoms with Crippen molar-refractivity contribution in [3.63, 3.8) is 0 Å². The van der Waals surface area contributed by atoms with Crippen LogP contribution in [0.15, 0.2) is 64.1 Å². The third-order valence-corrected chi connectivity index (χ3v) is 7.60. The van der Waals surface area contributed by atoms with Gasteiger partial charge in [0.25, 0.3) is 0 Å². The van der Waals surface area contributed by atoms with Crippen molar-refractivity contribution in [2.75, 3.05) is 18.9 Å². The highest BCUT2D eigenvalue weighted by Crippen LogP contribution is 2.31. The summed E-state index contributed by atoms with van der Waals surface area (Å²) in [5.74, 6) is -0.142. The summed E-state index contributed by atoms with van der Waals surface area (Å²) in [6.07, 6.45) is 0.982. The Labute approximate surface area is 222 Å². The molecule has 4 aromatic rings. The number of aliphatic hydroxyl groups excluding tert-OH is 1. The van der Waals surface area contributed by atoms with E-state index in [0.717, 1.165) is 5.56 Å². The van der Waals surface area contributed by atoms with Gasteiger partial charge in [-0.15, -0.1) is 0 Å². The number of hydrogen-bond donors (Lipinski definition) is 3. The molecule has 0 spiro atoms. The van der Waals surface area contributed by atoms with Gasteiger partial charge in [0.15, 0.2) is 22.2 Å². The van der Waals surface area contributed by atoms with Crippen molar-refractivity contribution < 1.29 is 23.0 Å². The number of aliphatic hydroxyl groups is 1. The molecule has 38 heavy (non-hydrogen) atoms.